The number of carbonyl (C=O) groups is 1. The maximum atomic E-state index is 12.6. The number of rotatable bonds is 4. The van der Waals surface area contributed by atoms with Crippen LogP contribution in [-0.2, 0) is 0 Å². The third-order valence-corrected chi connectivity index (χ3v) is 4.21. The molecule has 0 atom stereocenters. The van der Waals surface area contributed by atoms with Crippen molar-refractivity contribution >= 4 is 34.6 Å². The number of nitrogens with zero attached hydrogens (tertiary/aromatic N) is 2. The molecule has 4 rings (SSSR count). The van der Waals surface area contributed by atoms with E-state index in [1.807, 2.05) is 36.5 Å². The van der Waals surface area contributed by atoms with E-state index in [9.17, 15) is 4.79 Å². The lowest BCUT2D eigenvalue weighted by Crippen LogP contribution is -2.14. The van der Waals surface area contributed by atoms with E-state index < -0.39 is 0 Å². The van der Waals surface area contributed by atoms with Crippen molar-refractivity contribution in [1.29, 1.82) is 5.41 Å². The summed E-state index contributed by atoms with van der Waals surface area (Å²) in [5.74, 6) is 2.21. The normalized spacial score (nSPS) is 10.3. The topological polar surface area (TPSA) is 92.9 Å². The molecule has 0 bridgehead atoms. The van der Waals surface area contributed by atoms with Gasteiger partial charge >= 0.3 is 0 Å². The molecular weight excluding hydrogens is 350 g/mol. The highest BCUT2D eigenvalue weighted by molar-refractivity contribution is 6.03. The van der Waals surface area contributed by atoms with Gasteiger partial charge in [0.1, 0.15) is 11.5 Å². The molecule has 4 aromatic rings. The van der Waals surface area contributed by atoms with E-state index in [0.717, 1.165) is 22.0 Å². The minimum absolute atomic E-state index is 0.292. The summed E-state index contributed by atoms with van der Waals surface area (Å²) in [6.45, 7) is 0. The van der Waals surface area contributed by atoms with Gasteiger partial charge in [0.2, 0.25) is 5.52 Å². The van der Waals surface area contributed by atoms with Gasteiger partial charge in [0.25, 0.3) is 5.91 Å². The summed E-state index contributed by atoms with van der Waals surface area (Å²) in [4.78, 5) is 24.3. The number of nitrogens with one attached hydrogen (secondary N) is 3. The zero-order chi connectivity index (χ0) is 19.3. The number of benzene rings is 1. The molecule has 0 aliphatic carbocycles. The van der Waals surface area contributed by atoms with E-state index in [-0.39, 0.29) is 5.91 Å². The summed E-state index contributed by atoms with van der Waals surface area (Å²) in [6, 6.07) is 18.8. The number of carbonyl (C=O) groups excluding carboxylic acids is 1. The maximum Gasteiger partial charge on any atom is 0.275 e. The molecule has 134 valence electrons. The smallest absolute Gasteiger partial charge is 0.275 e. The van der Waals surface area contributed by atoms with E-state index in [1.54, 1.807) is 30.5 Å². The molecule has 0 saturated carbocycles. The third kappa shape index (κ3) is 3.67. The second-order valence-electron chi connectivity index (χ2n) is 6.10. The second-order valence-corrected chi connectivity index (χ2v) is 6.10. The summed E-state index contributed by atoms with van der Waals surface area (Å²) < 4.78 is 0. The molecule has 3 aromatic heterocycles. The summed E-state index contributed by atoms with van der Waals surface area (Å²) in [5, 5.41) is 10.8. The minimum atomic E-state index is -0.352. The van der Waals surface area contributed by atoms with E-state index in [1.165, 1.54) is 6.08 Å². The number of anilines is 1. The molecule has 6 nitrogen and oxygen atoms in total. The van der Waals surface area contributed by atoms with Gasteiger partial charge in [-0.2, -0.15) is 0 Å². The Morgan fingerprint density at radius 3 is 2.86 bits per heavy atom. The lowest BCUT2D eigenvalue weighted by molar-refractivity contribution is -0.343. The highest BCUT2D eigenvalue weighted by atomic mass is 16.1. The fraction of sp³-hybridized carbons (Fsp3) is 0. The standard InChI is InChI=1S/C22H15N5O/c23-10-8-18-5-3-7-21(26-18)27-22(28)20-13-15(9-11-24-20)17-12-16-4-1-2-6-19(16)25-14-17/h1-9,11-14,23H,(H,26,27,28)/p+1. The van der Waals surface area contributed by atoms with Crippen LogP contribution in [-0.4, -0.2) is 21.7 Å². The van der Waals surface area contributed by atoms with Crippen LogP contribution in [0.1, 0.15) is 16.2 Å². The first-order valence-electron chi connectivity index (χ1n) is 8.64. The fourth-order valence-electron chi connectivity index (χ4n) is 2.88. The molecule has 0 aliphatic heterocycles. The predicted octanol–water partition coefficient (Wildman–Crippen LogP) is 3.62. The Bertz CT molecular complexity index is 1230. The third-order valence-electron chi connectivity index (χ3n) is 4.21. The molecule has 1 aromatic carbocycles. The van der Waals surface area contributed by atoms with Gasteiger partial charge in [-0.25, -0.2) is 9.97 Å². The van der Waals surface area contributed by atoms with E-state index >= 15 is 0 Å². The van der Waals surface area contributed by atoms with Crippen LogP contribution in [0.4, 0.5) is 5.82 Å². The first-order valence-corrected chi connectivity index (χ1v) is 8.64. The van der Waals surface area contributed by atoms with E-state index in [0.29, 0.717) is 17.2 Å². The molecule has 0 fully saturated rings. The van der Waals surface area contributed by atoms with Crippen LogP contribution in [0.2, 0.25) is 0 Å². The molecule has 28 heavy (non-hydrogen) atoms. The van der Waals surface area contributed by atoms with Crippen molar-refractivity contribution in [1.82, 2.24) is 9.97 Å². The van der Waals surface area contributed by atoms with Crippen molar-refractivity contribution in [3.05, 3.63) is 84.4 Å². The van der Waals surface area contributed by atoms with Gasteiger partial charge < -0.3 is 5.32 Å². The average Bonchev–Trinajstić information content (AvgIpc) is 2.74. The summed E-state index contributed by atoms with van der Waals surface area (Å²) in [6.07, 6.45) is 4.94. The lowest BCUT2D eigenvalue weighted by atomic mass is 10.1. The Kier molecular flexibility index (Phi) is 4.70. The predicted molar refractivity (Wildman–Crippen MR) is 108 cm³/mol. The largest absolute Gasteiger partial charge is 0.305 e. The van der Waals surface area contributed by atoms with Crippen molar-refractivity contribution in [2.75, 3.05) is 5.32 Å². The van der Waals surface area contributed by atoms with Gasteiger partial charge in [-0.05, 0) is 47.8 Å². The number of aromatic nitrogens is 3. The Morgan fingerprint density at radius 1 is 1.07 bits per heavy atom. The maximum absolute atomic E-state index is 12.6. The van der Waals surface area contributed by atoms with Gasteiger partial charge in [0, 0.05) is 29.3 Å². The number of amides is 1. The van der Waals surface area contributed by atoms with Crippen molar-refractivity contribution in [3.8, 4) is 11.1 Å². The molecule has 0 saturated heterocycles. The minimum Gasteiger partial charge on any atom is -0.305 e. The zero-order valence-corrected chi connectivity index (χ0v) is 14.8. The van der Waals surface area contributed by atoms with Gasteiger partial charge in [-0.1, -0.05) is 18.2 Å². The zero-order valence-electron chi connectivity index (χ0n) is 14.8. The number of fused-ring (bicyclic) bond motifs is 1. The van der Waals surface area contributed by atoms with Crippen LogP contribution in [0.5, 0.6) is 0 Å². The van der Waals surface area contributed by atoms with Crippen molar-refractivity contribution < 1.29 is 9.78 Å². The molecule has 0 radical (unpaired) electrons. The van der Waals surface area contributed by atoms with Gasteiger partial charge in [0.15, 0.2) is 6.20 Å². The van der Waals surface area contributed by atoms with Crippen LogP contribution < -0.4 is 10.3 Å². The number of hydrogen-bond donors (Lipinski definition) is 2. The van der Waals surface area contributed by atoms with Crippen LogP contribution in [0.15, 0.2) is 73.1 Å². The van der Waals surface area contributed by atoms with Crippen LogP contribution >= 0.6 is 0 Å². The quantitative estimate of drug-likeness (QED) is 0.540. The molecule has 3 heterocycles. The van der Waals surface area contributed by atoms with Gasteiger partial charge in [-0.15, -0.1) is 0 Å². The Balaban J connectivity index is 1.61. The van der Waals surface area contributed by atoms with Crippen LogP contribution in [0.25, 0.3) is 28.1 Å². The summed E-state index contributed by atoms with van der Waals surface area (Å²) in [7, 11) is 0. The number of hydrogen-bond acceptors (Lipinski definition) is 4. The van der Waals surface area contributed by atoms with Crippen molar-refractivity contribution in [2.45, 2.75) is 0 Å². The van der Waals surface area contributed by atoms with E-state index in [4.69, 9.17) is 5.41 Å². The Morgan fingerprint density at radius 2 is 1.96 bits per heavy atom. The van der Waals surface area contributed by atoms with E-state index in [2.05, 4.69) is 32.2 Å². The summed E-state index contributed by atoms with van der Waals surface area (Å²) >= 11 is 0. The van der Waals surface area contributed by atoms with Crippen LogP contribution in [0, 0.1) is 5.41 Å². The molecule has 0 aliphatic rings. The first kappa shape index (κ1) is 17.3. The molecule has 0 spiro atoms. The molecule has 3 N–H and O–H groups in total. The van der Waals surface area contributed by atoms with Crippen molar-refractivity contribution in [2.24, 2.45) is 0 Å². The van der Waals surface area contributed by atoms with Gasteiger partial charge in [0.05, 0.1) is 5.69 Å². The number of pyridine rings is 3. The monoisotopic (exact) mass is 366 g/mol. The second kappa shape index (κ2) is 7.61. The molecule has 0 unspecified atom stereocenters. The highest BCUT2D eigenvalue weighted by Crippen LogP contribution is 2.21. The molecule has 6 heteroatoms. The first-order chi connectivity index (χ1) is 13.7. The average molecular weight is 366 g/mol. The van der Waals surface area contributed by atoms with Crippen LogP contribution in [0.3, 0.4) is 0 Å². The van der Waals surface area contributed by atoms with Gasteiger partial charge in [-0.3, -0.25) is 15.2 Å². The highest BCUT2D eigenvalue weighted by Gasteiger charge is 2.12. The lowest BCUT2D eigenvalue weighted by Gasteiger charge is -2.06. The molecule has 1 amide bonds. The van der Waals surface area contributed by atoms with Crippen molar-refractivity contribution in [3.63, 3.8) is 0 Å². The SMILES string of the molecule is N=C=Cc1cccc(NC(=O)c2cc(-c3c[nH+]c4ccccc4c3)ccn2)n1. The molecular formula is C22H16N5O+. The number of H-pyrrole nitrogens is 1. The Labute approximate surface area is 161 Å². The number of aromatic amines is 1. The summed E-state index contributed by atoms with van der Waals surface area (Å²) in [5.41, 5.74) is 3.73. The number of para-hydroxylation sites is 1. The fourth-order valence-corrected chi connectivity index (χ4v) is 2.88. The Hall–Kier alpha value is -4.15.